The predicted octanol–water partition coefficient (Wildman–Crippen LogP) is 6.51. The van der Waals surface area contributed by atoms with E-state index in [1.807, 2.05) is 13.0 Å². The molecule has 1 unspecified atom stereocenters. The van der Waals surface area contributed by atoms with E-state index in [0.717, 1.165) is 48.1 Å². The molecule has 2 aromatic rings. The monoisotopic (exact) mass is 431 g/mol. The number of aryl methyl sites for hydroxylation is 1. The zero-order valence-corrected chi connectivity index (χ0v) is 16.3. The Kier molecular flexibility index (Phi) is 4.62. The third-order valence-corrected chi connectivity index (χ3v) is 6.02. The van der Waals surface area contributed by atoms with E-state index in [9.17, 15) is 17.6 Å². The summed E-state index contributed by atoms with van der Waals surface area (Å²) < 4.78 is 56.1. The summed E-state index contributed by atoms with van der Waals surface area (Å²) in [7, 11) is 0. The van der Waals surface area contributed by atoms with Gasteiger partial charge in [-0.1, -0.05) is 40.5 Å². The molecule has 8 heteroatoms. The van der Waals surface area contributed by atoms with Gasteiger partial charge in [-0.3, -0.25) is 0 Å². The van der Waals surface area contributed by atoms with E-state index in [1.165, 1.54) is 0 Å². The lowest BCUT2D eigenvalue weighted by atomic mass is 9.85. The fourth-order valence-corrected chi connectivity index (χ4v) is 4.48. The number of fused-ring (bicyclic) bond motifs is 1. The van der Waals surface area contributed by atoms with Crippen LogP contribution in [-0.2, 0) is 23.3 Å². The number of hydrogen-bond acceptors (Lipinski definition) is 2. The van der Waals surface area contributed by atoms with Crippen molar-refractivity contribution < 1.29 is 22.4 Å². The molecule has 0 saturated carbocycles. The predicted molar refractivity (Wildman–Crippen MR) is 99.6 cm³/mol. The summed E-state index contributed by atoms with van der Waals surface area (Å²) in [5.74, 6) is -0.972. The van der Waals surface area contributed by atoms with Crippen LogP contribution in [0.4, 0.5) is 17.6 Å². The van der Waals surface area contributed by atoms with Crippen molar-refractivity contribution >= 4 is 28.9 Å². The molecule has 4 rings (SSSR count). The van der Waals surface area contributed by atoms with Crippen molar-refractivity contribution in [2.45, 2.75) is 44.4 Å². The summed E-state index contributed by atoms with van der Waals surface area (Å²) in [5.41, 5.74) is 1.05. The number of rotatable bonds is 2. The average molecular weight is 432 g/mol. The van der Waals surface area contributed by atoms with Crippen LogP contribution in [0.5, 0.6) is 0 Å². The second kappa shape index (κ2) is 6.63. The molecule has 0 N–H and O–H groups in total. The summed E-state index contributed by atoms with van der Waals surface area (Å²) in [6, 6.07) is 5.47. The van der Waals surface area contributed by atoms with Crippen molar-refractivity contribution in [3.05, 3.63) is 67.9 Å². The van der Waals surface area contributed by atoms with Gasteiger partial charge in [-0.05, 0) is 55.0 Å². The van der Waals surface area contributed by atoms with Crippen LogP contribution < -0.4 is 0 Å². The van der Waals surface area contributed by atoms with E-state index in [0.29, 0.717) is 5.56 Å². The number of halogens is 6. The van der Waals surface area contributed by atoms with Crippen LogP contribution in [0.25, 0.3) is 0 Å². The summed E-state index contributed by atoms with van der Waals surface area (Å²) in [4.78, 5) is 5.02. The highest BCUT2D eigenvalue weighted by Gasteiger charge is 2.62. The van der Waals surface area contributed by atoms with Crippen LogP contribution in [0, 0.1) is 12.7 Å². The molecule has 1 aliphatic heterocycles. The molecule has 2 nitrogen and oxygen atoms in total. The van der Waals surface area contributed by atoms with Gasteiger partial charge in [0.05, 0.1) is 15.8 Å². The second-order valence-electron chi connectivity index (χ2n) is 7.13. The van der Waals surface area contributed by atoms with E-state index in [1.54, 1.807) is 6.07 Å². The Morgan fingerprint density at radius 2 is 1.71 bits per heavy atom. The molecular formula is C20H15Cl2F4NO. The van der Waals surface area contributed by atoms with Crippen molar-refractivity contribution in [3.63, 3.8) is 0 Å². The Morgan fingerprint density at radius 1 is 1.07 bits per heavy atom. The van der Waals surface area contributed by atoms with Crippen molar-refractivity contribution in [1.82, 2.24) is 0 Å². The topological polar surface area (TPSA) is 21.6 Å². The van der Waals surface area contributed by atoms with Gasteiger partial charge in [0.2, 0.25) is 0 Å². The average Bonchev–Trinajstić information content (AvgIpc) is 3.27. The fourth-order valence-electron chi connectivity index (χ4n) is 3.99. The van der Waals surface area contributed by atoms with Crippen LogP contribution in [-0.4, -0.2) is 11.9 Å². The van der Waals surface area contributed by atoms with Crippen LogP contribution in [0.2, 0.25) is 10.0 Å². The molecule has 1 atom stereocenters. The van der Waals surface area contributed by atoms with Crippen molar-refractivity contribution in [3.8, 4) is 0 Å². The lowest BCUT2D eigenvalue weighted by Gasteiger charge is -2.30. The molecule has 1 heterocycles. The molecule has 0 spiro atoms. The van der Waals surface area contributed by atoms with Crippen molar-refractivity contribution in [1.29, 1.82) is 0 Å². The first-order chi connectivity index (χ1) is 13.1. The summed E-state index contributed by atoms with van der Waals surface area (Å²) >= 11 is 11.5. The zero-order valence-electron chi connectivity index (χ0n) is 14.8. The van der Waals surface area contributed by atoms with Crippen molar-refractivity contribution in [2.24, 2.45) is 5.16 Å². The van der Waals surface area contributed by atoms with E-state index in [4.69, 9.17) is 28.0 Å². The summed E-state index contributed by atoms with van der Waals surface area (Å²) in [6.45, 7) is 1.99. The number of oxime groups is 1. The van der Waals surface area contributed by atoms with Crippen molar-refractivity contribution in [2.75, 3.05) is 0 Å². The lowest BCUT2D eigenvalue weighted by Crippen LogP contribution is -2.42. The van der Waals surface area contributed by atoms with Gasteiger partial charge < -0.3 is 4.84 Å². The molecule has 2 aliphatic rings. The molecule has 0 amide bonds. The van der Waals surface area contributed by atoms with Gasteiger partial charge in [0.1, 0.15) is 0 Å². The normalized spacial score (nSPS) is 21.5. The largest absolute Gasteiger partial charge is 0.435 e. The highest BCUT2D eigenvalue weighted by molar-refractivity contribution is 6.35. The zero-order chi connectivity index (χ0) is 20.3. The third-order valence-electron chi connectivity index (χ3n) is 5.47. The number of hydrogen-bond donors (Lipinski definition) is 0. The molecule has 28 heavy (non-hydrogen) atoms. The number of alkyl halides is 3. The highest BCUT2D eigenvalue weighted by atomic mass is 35.5. The van der Waals surface area contributed by atoms with E-state index in [-0.39, 0.29) is 11.3 Å². The minimum absolute atomic E-state index is 0.215. The van der Waals surface area contributed by atoms with Crippen LogP contribution >= 0.6 is 23.2 Å². The molecule has 0 saturated heterocycles. The Balaban J connectivity index is 1.79. The van der Waals surface area contributed by atoms with Gasteiger partial charge in [0.15, 0.2) is 5.82 Å². The van der Waals surface area contributed by atoms with E-state index < -0.39 is 34.1 Å². The number of nitrogens with zero attached hydrogens (tertiary/aromatic N) is 1. The van der Waals surface area contributed by atoms with Gasteiger partial charge in [-0.25, -0.2) is 4.39 Å². The Labute approximate surface area is 169 Å². The quantitative estimate of drug-likeness (QED) is 0.392. The molecule has 0 radical (unpaired) electrons. The third kappa shape index (κ3) is 2.89. The van der Waals surface area contributed by atoms with Crippen LogP contribution in [0.15, 0.2) is 29.4 Å². The Hall–Kier alpha value is -1.79. The smallest absolute Gasteiger partial charge is 0.374 e. The van der Waals surface area contributed by atoms with Crippen LogP contribution in [0.3, 0.4) is 0 Å². The maximum absolute atomic E-state index is 14.1. The summed E-state index contributed by atoms with van der Waals surface area (Å²) in [6.07, 6.45) is -2.70. The van der Waals surface area contributed by atoms with Gasteiger partial charge in [0, 0.05) is 17.5 Å². The molecular weight excluding hydrogens is 417 g/mol. The van der Waals surface area contributed by atoms with E-state index >= 15 is 0 Å². The minimum Gasteiger partial charge on any atom is -0.374 e. The van der Waals surface area contributed by atoms with Gasteiger partial charge in [-0.2, -0.15) is 13.2 Å². The number of benzene rings is 2. The standard InChI is InChI=1S/C20H15Cl2F4NO/c1-10-5-6-14(13-4-2-3-12(10)13)17-9-19(28-27-17,20(24,25)26)11-7-15(21)18(23)16(22)8-11/h5-8H,2-4,9H2,1H3. The first-order valence-corrected chi connectivity index (χ1v) is 9.48. The molecule has 1 aliphatic carbocycles. The maximum Gasteiger partial charge on any atom is 0.435 e. The molecule has 0 aromatic heterocycles. The first kappa shape index (κ1) is 19.5. The minimum atomic E-state index is -4.81. The first-order valence-electron chi connectivity index (χ1n) is 8.72. The molecule has 2 aromatic carbocycles. The van der Waals surface area contributed by atoms with E-state index in [2.05, 4.69) is 5.16 Å². The van der Waals surface area contributed by atoms with Gasteiger partial charge in [-0.15, -0.1) is 0 Å². The maximum atomic E-state index is 14.1. The van der Waals surface area contributed by atoms with Crippen LogP contribution in [0.1, 0.15) is 40.7 Å². The molecule has 0 bridgehead atoms. The SMILES string of the molecule is Cc1ccc(C2=NOC(c3cc(Cl)c(F)c(Cl)c3)(C(F)(F)F)C2)c2c1CCC2. The molecule has 148 valence electrons. The lowest BCUT2D eigenvalue weighted by molar-refractivity contribution is -0.275. The van der Waals surface area contributed by atoms with Gasteiger partial charge >= 0.3 is 6.18 Å². The highest BCUT2D eigenvalue weighted by Crippen LogP contribution is 2.50. The fraction of sp³-hybridized carbons (Fsp3) is 0.350. The summed E-state index contributed by atoms with van der Waals surface area (Å²) in [5, 5.41) is 2.81. The van der Waals surface area contributed by atoms with Gasteiger partial charge in [0.25, 0.3) is 5.60 Å². The Morgan fingerprint density at radius 3 is 2.36 bits per heavy atom. The molecule has 0 fully saturated rings. The Bertz CT molecular complexity index is 979. The second-order valence-corrected chi connectivity index (χ2v) is 7.94.